The Labute approximate surface area is 74.1 Å². The molecule has 0 aromatic carbocycles. The lowest BCUT2D eigenvalue weighted by Gasteiger charge is -2.12. The van der Waals surface area contributed by atoms with Gasteiger partial charge in [-0.2, -0.15) is 0 Å². The predicted octanol–water partition coefficient (Wildman–Crippen LogP) is 3.36. The van der Waals surface area contributed by atoms with Gasteiger partial charge in [0.25, 0.3) is 0 Å². The highest BCUT2D eigenvalue weighted by atomic mass is 16.3. The van der Waals surface area contributed by atoms with Crippen molar-refractivity contribution >= 4 is 0 Å². The van der Waals surface area contributed by atoms with Crippen molar-refractivity contribution in [3.8, 4) is 0 Å². The van der Waals surface area contributed by atoms with Crippen LogP contribution in [0.3, 0.4) is 0 Å². The van der Waals surface area contributed by atoms with Gasteiger partial charge in [0, 0.05) is 5.41 Å². The average Bonchev–Trinajstić information content (AvgIpc) is 2.13. The van der Waals surface area contributed by atoms with E-state index in [1.807, 2.05) is 19.1 Å². The molecule has 0 amide bonds. The third-order valence-corrected chi connectivity index (χ3v) is 2.09. The van der Waals surface area contributed by atoms with E-state index in [9.17, 15) is 5.11 Å². The smallest absolute Gasteiger partial charge is 0.118 e. The number of aliphatic hydroxyl groups is 1. The van der Waals surface area contributed by atoms with Crippen molar-refractivity contribution in [3.05, 3.63) is 35.6 Å². The van der Waals surface area contributed by atoms with Crippen molar-refractivity contribution in [3.63, 3.8) is 0 Å². The lowest BCUT2D eigenvalue weighted by Crippen LogP contribution is -2.00. The molecular formula is C11H16O. The fourth-order valence-corrected chi connectivity index (χ4v) is 1.16. The van der Waals surface area contributed by atoms with Gasteiger partial charge in [0.2, 0.25) is 0 Å². The van der Waals surface area contributed by atoms with E-state index in [1.54, 1.807) is 6.08 Å². The van der Waals surface area contributed by atoms with E-state index >= 15 is 0 Å². The average molecular weight is 164 g/mol. The lowest BCUT2D eigenvalue weighted by atomic mass is 9.93. The van der Waals surface area contributed by atoms with Crippen LogP contribution in [0.25, 0.3) is 0 Å². The molecule has 12 heavy (non-hydrogen) atoms. The molecule has 1 rings (SSSR count). The zero-order valence-corrected chi connectivity index (χ0v) is 7.96. The maximum Gasteiger partial charge on any atom is 0.118 e. The highest BCUT2D eigenvalue weighted by Crippen LogP contribution is 2.25. The fourth-order valence-electron chi connectivity index (χ4n) is 1.16. The molecule has 0 aromatic heterocycles. The van der Waals surface area contributed by atoms with Gasteiger partial charge in [0.15, 0.2) is 0 Å². The first kappa shape index (κ1) is 9.11. The van der Waals surface area contributed by atoms with Gasteiger partial charge >= 0.3 is 0 Å². The number of hydrogen-bond acceptors (Lipinski definition) is 1. The van der Waals surface area contributed by atoms with Gasteiger partial charge in [-0.25, -0.2) is 0 Å². The molecule has 0 atom stereocenters. The Morgan fingerprint density at radius 1 is 1.25 bits per heavy atom. The summed E-state index contributed by atoms with van der Waals surface area (Å²) < 4.78 is 0. The molecule has 0 unspecified atom stereocenters. The summed E-state index contributed by atoms with van der Waals surface area (Å²) in [7, 11) is 0. The van der Waals surface area contributed by atoms with E-state index in [2.05, 4.69) is 19.9 Å². The molecule has 1 aliphatic rings. The number of rotatable bonds is 1. The number of aliphatic hydroxyl groups excluding tert-OH is 1. The molecule has 1 heteroatoms. The Balaban J connectivity index is 2.99. The van der Waals surface area contributed by atoms with Crippen LogP contribution in [0.5, 0.6) is 0 Å². The van der Waals surface area contributed by atoms with Gasteiger partial charge in [0.05, 0.1) is 0 Å². The van der Waals surface area contributed by atoms with Crippen LogP contribution >= 0.6 is 0 Å². The van der Waals surface area contributed by atoms with E-state index in [1.165, 1.54) is 0 Å². The molecule has 1 nitrogen and oxygen atoms in total. The van der Waals surface area contributed by atoms with Crippen LogP contribution in [-0.4, -0.2) is 5.11 Å². The van der Waals surface area contributed by atoms with Crippen molar-refractivity contribution in [2.24, 2.45) is 5.41 Å². The van der Waals surface area contributed by atoms with Crippen LogP contribution < -0.4 is 0 Å². The highest BCUT2D eigenvalue weighted by molar-refractivity contribution is 5.34. The van der Waals surface area contributed by atoms with E-state index in [-0.39, 0.29) is 5.41 Å². The molecule has 0 saturated carbocycles. The first-order valence-electron chi connectivity index (χ1n) is 4.36. The topological polar surface area (TPSA) is 20.2 Å². The van der Waals surface area contributed by atoms with Crippen LogP contribution in [0.15, 0.2) is 35.6 Å². The molecule has 0 bridgehead atoms. The van der Waals surface area contributed by atoms with Gasteiger partial charge in [-0.3, -0.25) is 0 Å². The zero-order chi connectivity index (χ0) is 9.19. The van der Waals surface area contributed by atoms with Gasteiger partial charge < -0.3 is 5.11 Å². The van der Waals surface area contributed by atoms with Gasteiger partial charge in [0.1, 0.15) is 5.76 Å². The summed E-state index contributed by atoms with van der Waals surface area (Å²) in [6.07, 6.45) is 8.81. The summed E-state index contributed by atoms with van der Waals surface area (Å²) in [5.41, 5.74) is 1.07. The van der Waals surface area contributed by atoms with Crippen LogP contribution in [0.2, 0.25) is 0 Å². The largest absolute Gasteiger partial charge is 0.508 e. The Hall–Kier alpha value is -0.980. The van der Waals surface area contributed by atoms with Gasteiger partial charge in [-0.1, -0.05) is 39.0 Å². The number of allylic oxidation sites excluding steroid dienone is 5. The molecule has 0 fully saturated rings. The minimum atomic E-state index is 0.0604. The maximum atomic E-state index is 9.52. The van der Waals surface area contributed by atoms with E-state index in [0.717, 1.165) is 12.0 Å². The molecule has 1 aliphatic carbocycles. The molecule has 1 N–H and O–H groups in total. The number of hydrogen-bond donors (Lipinski definition) is 1. The molecule has 0 radical (unpaired) electrons. The van der Waals surface area contributed by atoms with Crippen LogP contribution in [-0.2, 0) is 0 Å². The zero-order valence-electron chi connectivity index (χ0n) is 7.96. The van der Waals surface area contributed by atoms with Crippen molar-refractivity contribution in [1.29, 1.82) is 0 Å². The second-order valence-electron chi connectivity index (χ2n) is 3.75. The summed E-state index contributed by atoms with van der Waals surface area (Å²) in [6.45, 7) is 6.28. The monoisotopic (exact) mass is 164 g/mol. The fraction of sp³-hybridized carbons (Fsp3) is 0.455. The molecular weight excluding hydrogens is 148 g/mol. The molecule has 66 valence electrons. The first-order chi connectivity index (χ1) is 5.55. The standard InChI is InChI=1S/C11H16O/c1-4-9-5-7-11(2,3)8-6-10(9)12/h5-8,12H,4H2,1-3H3. The normalized spacial score (nSPS) is 21.2. The molecule has 0 aliphatic heterocycles. The Bertz CT molecular complexity index is 254. The summed E-state index contributed by atoms with van der Waals surface area (Å²) in [5.74, 6) is 0.402. The van der Waals surface area contributed by atoms with Crippen molar-refractivity contribution in [2.45, 2.75) is 27.2 Å². The van der Waals surface area contributed by atoms with Crippen LogP contribution in [0.4, 0.5) is 0 Å². The Morgan fingerprint density at radius 3 is 2.42 bits per heavy atom. The van der Waals surface area contributed by atoms with Gasteiger partial charge in [-0.05, 0) is 18.1 Å². The quantitative estimate of drug-likeness (QED) is 0.630. The van der Waals surface area contributed by atoms with E-state index < -0.39 is 0 Å². The minimum absolute atomic E-state index is 0.0604. The lowest BCUT2D eigenvalue weighted by molar-refractivity contribution is 0.425. The summed E-state index contributed by atoms with van der Waals surface area (Å²) in [5, 5.41) is 9.52. The third kappa shape index (κ3) is 2.00. The molecule has 0 saturated heterocycles. The Kier molecular flexibility index (Phi) is 2.41. The molecule has 0 aromatic rings. The van der Waals surface area contributed by atoms with Crippen molar-refractivity contribution in [2.75, 3.05) is 0 Å². The second kappa shape index (κ2) is 3.18. The summed E-state index contributed by atoms with van der Waals surface area (Å²) in [6, 6.07) is 0. The summed E-state index contributed by atoms with van der Waals surface area (Å²) >= 11 is 0. The van der Waals surface area contributed by atoms with Crippen molar-refractivity contribution in [1.82, 2.24) is 0 Å². The highest BCUT2D eigenvalue weighted by Gasteiger charge is 2.12. The first-order valence-corrected chi connectivity index (χ1v) is 4.36. The molecule has 0 spiro atoms. The Morgan fingerprint density at radius 2 is 1.83 bits per heavy atom. The van der Waals surface area contributed by atoms with E-state index in [0.29, 0.717) is 5.76 Å². The summed E-state index contributed by atoms with van der Waals surface area (Å²) in [4.78, 5) is 0. The molecule has 0 heterocycles. The van der Waals surface area contributed by atoms with E-state index in [4.69, 9.17) is 0 Å². The van der Waals surface area contributed by atoms with Crippen molar-refractivity contribution < 1.29 is 5.11 Å². The third-order valence-electron chi connectivity index (χ3n) is 2.09. The predicted molar refractivity (Wildman–Crippen MR) is 52.0 cm³/mol. The van der Waals surface area contributed by atoms with Crippen LogP contribution in [0.1, 0.15) is 27.2 Å². The minimum Gasteiger partial charge on any atom is -0.508 e. The SMILES string of the molecule is CCC1=C(O)C=CC(C)(C)C=C1. The van der Waals surface area contributed by atoms with Gasteiger partial charge in [-0.15, -0.1) is 0 Å². The van der Waals surface area contributed by atoms with Crippen LogP contribution in [0, 0.1) is 5.41 Å². The second-order valence-corrected chi connectivity index (χ2v) is 3.75. The maximum absolute atomic E-state index is 9.52.